The van der Waals surface area contributed by atoms with Crippen LogP contribution in [0.1, 0.15) is 16.7 Å². The van der Waals surface area contributed by atoms with E-state index in [2.05, 4.69) is 17.1 Å². The van der Waals surface area contributed by atoms with Crippen molar-refractivity contribution in [1.82, 2.24) is 0 Å². The number of benzene rings is 2. The average molecular weight is 304 g/mol. The number of ether oxygens (including phenoxy) is 2. The third-order valence-corrected chi connectivity index (χ3v) is 3.45. The van der Waals surface area contributed by atoms with Gasteiger partial charge in [0.1, 0.15) is 0 Å². The van der Waals surface area contributed by atoms with Gasteiger partial charge in [-0.15, -0.1) is 0 Å². The highest BCUT2D eigenvalue weighted by molar-refractivity contribution is 6.32. The Hall–Kier alpha value is -2.00. The van der Waals surface area contributed by atoms with Gasteiger partial charge in [-0.25, -0.2) is 0 Å². The van der Waals surface area contributed by atoms with Gasteiger partial charge in [0, 0.05) is 6.21 Å². The minimum absolute atomic E-state index is 0.499. The van der Waals surface area contributed by atoms with Crippen LogP contribution in [0.5, 0.6) is 11.5 Å². The molecular formula is C17H18ClNO2. The zero-order chi connectivity index (χ0) is 15.4. The van der Waals surface area contributed by atoms with Crippen molar-refractivity contribution in [2.24, 2.45) is 4.99 Å². The van der Waals surface area contributed by atoms with E-state index < -0.39 is 0 Å². The summed E-state index contributed by atoms with van der Waals surface area (Å²) in [6.45, 7) is 4.08. The fourth-order valence-corrected chi connectivity index (χ4v) is 2.31. The molecule has 0 atom stereocenters. The summed E-state index contributed by atoms with van der Waals surface area (Å²) in [4.78, 5) is 4.53. The Morgan fingerprint density at radius 2 is 1.81 bits per heavy atom. The molecule has 2 aromatic carbocycles. The highest BCUT2D eigenvalue weighted by atomic mass is 35.5. The first kappa shape index (κ1) is 15.4. The summed E-state index contributed by atoms with van der Waals surface area (Å²) in [7, 11) is 3.15. The molecule has 0 bridgehead atoms. The lowest BCUT2D eigenvalue weighted by Crippen LogP contribution is -1.93. The lowest BCUT2D eigenvalue weighted by molar-refractivity contribution is 0.355. The van der Waals surface area contributed by atoms with E-state index in [0.717, 1.165) is 16.8 Å². The van der Waals surface area contributed by atoms with Crippen molar-refractivity contribution in [3.63, 3.8) is 0 Å². The molecule has 0 unspecified atom stereocenters. The predicted molar refractivity (Wildman–Crippen MR) is 87.7 cm³/mol. The fourth-order valence-electron chi connectivity index (χ4n) is 2.02. The molecule has 4 heteroatoms. The Morgan fingerprint density at radius 3 is 2.48 bits per heavy atom. The molecule has 2 rings (SSSR count). The maximum absolute atomic E-state index is 6.19. The number of hydrogen-bond acceptors (Lipinski definition) is 3. The largest absolute Gasteiger partial charge is 0.493 e. The number of methoxy groups -OCH3 is 2. The van der Waals surface area contributed by atoms with Gasteiger partial charge in [-0.05, 0) is 48.7 Å². The molecule has 0 aliphatic heterocycles. The van der Waals surface area contributed by atoms with Crippen molar-refractivity contribution in [1.29, 1.82) is 0 Å². The smallest absolute Gasteiger partial charge is 0.179 e. The molecule has 0 N–H and O–H groups in total. The molecule has 0 aromatic heterocycles. The van der Waals surface area contributed by atoms with Crippen LogP contribution < -0.4 is 9.47 Å². The second kappa shape index (κ2) is 6.64. The Balaban J connectivity index is 2.37. The van der Waals surface area contributed by atoms with Crippen molar-refractivity contribution in [3.05, 3.63) is 52.0 Å². The van der Waals surface area contributed by atoms with E-state index in [-0.39, 0.29) is 0 Å². The minimum Gasteiger partial charge on any atom is -0.493 e. The van der Waals surface area contributed by atoms with Gasteiger partial charge < -0.3 is 9.47 Å². The molecule has 0 heterocycles. The van der Waals surface area contributed by atoms with Gasteiger partial charge in [-0.2, -0.15) is 0 Å². The zero-order valence-electron chi connectivity index (χ0n) is 12.6. The molecule has 0 saturated carbocycles. The minimum atomic E-state index is 0.499. The van der Waals surface area contributed by atoms with Gasteiger partial charge in [0.05, 0.1) is 24.9 Å². The van der Waals surface area contributed by atoms with E-state index in [1.807, 2.05) is 26.0 Å². The number of hydrogen-bond donors (Lipinski definition) is 0. The molecule has 0 fully saturated rings. The van der Waals surface area contributed by atoms with Crippen LogP contribution in [0.25, 0.3) is 0 Å². The zero-order valence-corrected chi connectivity index (χ0v) is 13.4. The molecule has 2 aromatic rings. The van der Waals surface area contributed by atoms with Gasteiger partial charge in [0.25, 0.3) is 0 Å². The first-order valence-electron chi connectivity index (χ1n) is 6.58. The Kier molecular flexibility index (Phi) is 4.86. The Morgan fingerprint density at radius 1 is 1.05 bits per heavy atom. The molecule has 0 aliphatic carbocycles. The summed E-state index contributed by atoms with van der Waals surface area (Å²) in [5.41, 5.74) is 4.11. The first-order chi connectivity index (χ1) is 10.0. The Bertz CT molecular complexity index is 681. The van der Waals surface area contributed by atoms with Crippen molar-refractivity contribution in [2.75, 3.05) is 14.2 Å². The summed E-state index contributed by atoms with van der Waals surface area (Å²) in [5, 5.41) is 0.499. The lowest BCUT2D eigenvalue weighted by Gasteiger charge is -2.10. The SMILES string of the molecule is COc1cc(C=Nc2cc(C)ccc2C)cc(Cl)c1OC. The second-order valence-electron chi connectivity index (χ2n) is 4.79. The van der Waals surface area contributed by atoms with Gasteiger partial charge in [-0.1, -0.05) is 23.7 Å². The van der Waals surface area contributed by atoms with E-state index in [9.17, 15) is 0 Å². The number of aryl methyl sites for hydroxylation is 2. The summed E-state index contributed by atoms with van der Waals surface area (Å²) in [6, 6.07) is 9.83. The number of rotatable bonds is 4. The summed E-state index contributed by atoms with van der Waals surface area (Å²) >= 11 is 6.19. The maximum Gasteiger partial charge on any atom is 0.179 e. The van der Waals surface area contributed by atoms with Crippen LogP contribution in [0.4, 0.5) is 5.69 Å². The molecule has 0 saturated heterocycles. The van der Waals surface area contributed by atoms with Gasteiger partial charge in [0.15, 0.2) is 11.5 Å². The normalized spacial score (nSPS) is 10.9. The molecule has 21 heavy (non-hydrogen) atoms. The van der Waals surface area contributed by atoms with Crippen LogP contribution >= 0.6 is 11.6 Å². The standard InChI is InChI=1S/C17H18ClNO2/c1-11-5-6-12(2)15(7-11)19-10-13-8-14(18)17(21-4)16(9-13)20-3/h5-10H,1-4H3. The lowest BCUT2D eigenvalue weighted by atomic mass is 10.1. The third-order valence-electron chi connectivity index (χ3n) is 3.17. The number of aliphatic imine (C=N–C) groups is 1. The summed E-state index contributed by atoms with van der Waals surface area (Å²) < 4.78 is 10.5. The monoisotopic (exact) mass is 303 g/mol. The fraction of sp³-hybridized carbons (Fsp3) is 0.235. The quantitative estimate of drug-likeness (QED) is 0.765. The molecular weight excluding hydrogens is 286 g/mol. The van der Waals surface area contributed by atoms with Crippen LogP contribution in [0.3, 0.4) is 0 Å². The maximum atomic E-state index is 6.19. The molecule has 3 nitrogen and oxygen atoms in total. The van der Waals surface area contributed by atoms with Crippen LogP contribution in [-0.4, -0.2) is 20.4 Å². The highest BCUT2D eigenvalue weighted by Gasteiger charge is 2.09. The van der Waals surface area contributed by atoms with E-state index >= 15 is 0 Å². The van der Waals surface area contributed by atoms with E-state index in [4.69, 9.17) is 21.1 Å². The van der Waals surface area contributed by atoms with E-state index in [1.54, 1.807) is 26.5 Å². The Labute approximate surface area is 130 Å². The third kappa shape index (κ3) is 3.56. The van der Waals surface area contributed by atoms with Crippen molar-refractivity contribution in [2.45, 2.75) is 13.8 Å². The van der Waals surface area contributed by atoms with Gasteiger partial charge in [-0.3, -0.25) is 4.99 Å². The number of halogens is 1. The first-order valence-corrected chi connectivity index (χ1v) is 6.95. The van der Waals surface area contributed by atoms with Crippen LogP contribution in [0, 0.1) is 13.8 Å². The topological polar surface area (TPSA) is 30.8 Å². The number of nitrogens with zero attached hydrogens (tertiary/aromatic N) is 1. The average Bonchev–Trinajstić information content (AvgIpc) is 2.47. The predicted octanol–water partition coefficient (Wildman–Crippen LogP) is 4.72. The van der Waals surface area contributed by atoms with Crippen molar-refractivity contribution in [3.8, 4) is 11.5 Å². The van der Waals surface area contributed by atoms with Crippen molar-refractivity contribution < 1.29 is 9.47 Å². The summed E-state index contributed by atoms with van der Waals surface area (Å²) in [6.07, 6.45) is 1.77. The summed E-state index contributed by atoms with van der Waals surface area (Å²) in [5.74, 6) is 1.12. The molecule has 110 valence electrons. The van der Waals surface area contributed by atoms with Gasteiger partial charge in [0.2, 0.25) is 0 Å². The van der Waals surface area contributed by atoms with Crippen LogP contribution in [0.15, 0.2) is 35.3 Å². The molecule has 0 spiro atoms. The second-order valence-corrected chi connectivity index (χ2v) is 5.19. The van der Waals surface area contributed by atoms with Gasteiger partial charge >= 0.3 is 0 Å². The van der Waals surface area contributed by atoms with E-state index in [1.165, 1.54) is 5.56 Å². The molecule has 0 radical (unpaired) electrons. The van der Waals surface area contributed by atoms with Crippen LogP contribution in [-0.2, 0) is 0 Å². The molecule has 0 aliphatic rings. The highest BCUT2D eigenvalue weighted by Crippen LogP contribution is 2.35. The van der Waals surface area contributed by atoms with Crippen molar-refractivity contribution >= 4 is 23.5 Å². The van der Waals surface area contributed by atoms with E-state index in [0.29, 0.717) is 16.5 Å². The molecule has 0 amide bonds. The van der Waals surface area contributed by atoms with Crippen LogP contribution in [0.2, 0.25) is 5.02 Å².